The molecular formula is C15H18N2O2. The Morgan fingerprint density at radius 1 is 1.26 bits per heavy atom. The van der Waals surface area contributed by atoms with Crippen molar-refractivity contribution in [2.45, 2.75) is 12.5 Å². The van der Waals surface area contributed by atoms with Crippen LogP contribution in [-0.4, -0.2) is 20.1 Å². The standard InChI is InChI=1S/C15H18N2O2/c1-17-14(9-15(16)18)12-4-3-11-8-13(19-2)6-5-10(11)7-12/h3-8,14,17H,9H2,1-2H3,(H2,16,18). The van der Waals surface area contributed by atoms with Crippen LogP contribution in [0.1, 0.15) is 18.0 Å². The highest BCUT2D eigenvalue weighted by atomic mass is 16.5. The van der Waals surface area contributed by atoms with Gasteiger partial charge in [0.25, 0.3) is 0 Å². The van der Waals surface area contributed by atoms with E-state index in [9.17, 15) is 4.79 Å². The number of amides is 1. The molecule has 4 nitrogen and oxygen atoms in total. The number of benzene rings is 2. The first-order chi connectivity index (χ1) is 9.13. The van der Waals surface area contributed by atoms with Crippen molar-refractivity contribution < 1.29 is 9.53 Å². The van der Waals surface area contributed by atoms with Gasteiger partial charge in [-0.1, -0.05) is 18.2 Å². The van der Waals surface area contributed by atoms with Crippen molar-refractivity contribution in [3.05, 3.63) is 42.0 Å². The molecule has 2 rings (SSSR count). The van der Waals surface area contributed by atoms with Gasteiger partial charge in [-0.15, -0.1) is 0 Å². The predicted molar refractivity (Wildman–Crippen MR) is 76.1 cm³/mol. The van der Waals surface area contributed by atoms with E-state index in [1.165, 1.54) is 0 Å². The second-order valence-corrected chi connectivity index (χ2v) is 4.48. The molecule has 1 unspecified atom stereocenters. The minimum Gasteiger partial charge on any atom is -0.497 e. The van der Waals surface area contributed by atoms with Crippen LogP contribution >= 0.6 is 0 Å². The van der Waals surface area contributed by atoms with E-state index in [1.54, 1.807) is 7.11 Å². The first-order valence-corrected chi connectivity index (χ1v) is 6.17. The second-order valence-electron chi connectivity index (χ2n) is 4.48. The molecule has 3 N–H and O–H groups in total. The average Bonchev–Trinajstić information content (AvgIpc) is 2.43. The number of ether oxygens (including phenoxy) is 1. The summed E-state index contributed by atoms with van der Waals surface area (Å²) in [4.78, 5) is 11.1. The molecule has 2 aromatic rings. The van der Waals surface area contributed by atoms with Crippen molar-refractivity contribution in [2.75, 3.05) is 14.2 Å². The highest BCUT2D eigenvalue weighted by molar-refractivity contribution is 5.85. The van der Waals surface area contributed by atoms with Crippen LogP contribution in [0.25, 0.3) is 10.8 Å². The molecule has 0 spiro atoms. The van der Waals surface area contributed by atoms with Crippen LogP contribution in [0.2, 0.25) is 0 Å². The van der Waals surface area contributed by atoms with Crippen LogP contribution in [0.5, 0.6) is 5.75 Å². The van der Waals surface area contributed by atoms with Crippen LogP contribution in [0, 0.1) is 0 Å². The van der Waals surface area contributed by atoms with Crippen LogP contribution < -0.4 is 15.8 Å². The summed E-state index contributed by atoms with van der Waals surface area (Å²) in [6.07, 6.45) is 0.290. The van der Waals surface area contributed by atoms with E-state index in [0.29, 0.717) is 0 Å². The zero-order chi connectivity index (χ0) is 13.8. The summed E-state index contributed by atoms with van der Waals surface area (Å²) >= 11 is 0. The number of carbonyl (C=O) groups excluding carboxylic acids is 1. The molecule has 2 aromatic carbocycles. The number of nitrogens with two attached hydrogens (primary N) is 1. The predicted octanol–water partition coefficient (Wildman–Crippen LogP) is 1.98. The normalized spacial score (nSPS) is 12.3. The molecule has 0 heterocycles. The van der Waals surface area contributed by atoms with Crippen LogP contribution in [0.15, 0.2) is 36.4 Å². The molecule has 0 aliphatic heterocycles. The molecule has 0 saturated heterocycles. The first-order valence-electron chi connectivity index (χ1n) is 6.17. The number of nitrogens with one attached hydrogen (secondary N) is 1. The van der Waals surface area contributed by atoms with Crippen molar-refractivity contribution >= 4 is 16.7 Å². The Morgan fingerprint density at radius 3 is 2.58 bits per heavy atom. The Morgan fingerprint density at radius 2 is 1.95 bits per heavy atom. The maximum Gasteiger partial charge on any atom is 0.219 e. The summed E-state index contributed by atoms with van der Waals surface area (Å²) in [6, 6.07) is 12.0. The number of carbonyl (C=O) groups is 1. The van der Waals surface area contributed by atoms with Crippen molar-refractivity contribution in [1.29, 1.82) is 0 Å². The Balaban J connectivity index is 2.37. The molecule has 0 fully saturated rings. The van der Waals surface area contributed by atoms with Gasteiger partial charge in [0.15, 0.2) is 0 Å². The largest absolute Gasteiger partial charge is 0.497 e. The fraction of sp³-hybridized carbons (Fsp3) is 0.267. The maximum atomic E-state index is 11.1. The average molecular weight is 258 g/mol. The van der Waals surface area contributed by atoms with E-state index in [0.717, 1.165) is 22.1 Å². The van der Waals surface area contributed by atoms with Crippen molar-refractivity contribution in [1.82, 2.24) is 5.32 Å². The molecule has 0 aliphatic carbocycles. The summed E-state index contributed by atoms with van der Waals surface area (Å²) in [5.74, 6) is 0.525. The number of methoxy groups -OCH3 is 1. The minimum atomic E-state index is -0.311. The Labute approximate surface area is 112 Å². The summed E-state index contributed by atoms with van der Waals surface area (Å²) in [5, 5.41) is 5.33. The Bertz CT molecular complexity index is 596. The molecule has 1 amide bonds. The van der Waals surface area contributed by atoms with E-state index in [1.807, 2.05) is 37.4 Å². The molecule has 4 heteroatoms. The van der Waals surface area contributed by atoms with Gasteiger partial charge in [0.2, 0.25) is 5.91 Å². The number of primary amides is 1. The van der Waals surface area contributed by atoms with Gasteiger partial charge in [-0.25, -0.2) is 0 Å². The Hall–Kier alpha value is -2.07. The zero-order valence-corrected chi connectivity index (χ0v) is 11.1. The van der Waals surface area contributed by atoms with Gasteiger partial charge in [-0.05, 0) is 41.6 Å². The fourth-order valence-corrected chi connectivity index (χ4v) is 2.17. The number of rotatable bonds is 5. The van der Waals surface area contributed by atoms with Crippen LogP contribution in [0.4, 0.5) is 0 Å². The van der Waals surface area contributed by atoms with Crippen molar-refractivity contribution in [3.8, 4) is 5.75 Å². The molecule has 19 heavy (non-hydrogen) atoms. The summed E-state index contributed by atoms with van der Waals surface area (Å²) in [6.45, 7) is 0. The molecule has 100 valence electrons. The quantitative estimate of drug-likeness (QED) is 0.862. The van der Waals surface area contributed by atoms with E-state index in [2.05, 4.69) is 11.4 Å². The minimum absolute atomic E-state index is 0.0519. The third kappa shape index (κ3) is 3.03. The first kappa shape index (κ1) is 13.4. The lowest BCUT2D eigenvalue weighted by molar-refractivity contribution is -0.118. The summed E-state index contributed by atoms with van der Waals surface area (Å²) in [7, 11) is 3.48. The van der Waals surface area contributed by atoms with Gasteiger partial charge in [-0.2, -0.15) is 0 Å². The number of fused-ring (bicyclic) bond motifs is 1. The van der Waals surface area contributed by atoms with E-state index in [4.69, 9.17) is 10.5 Å². The molecule has 0 bridgehead atoms. The molecular weight excluding hydrogens is 240 g/mol. The van der Waals surface area contributed by atoms with Crippen molar-refractivity contribution in [3.63, 3.8) is 0 Å². The SMILES string of the molecule is CNC(CC(N)=O)c1ccc2cc(OC)ccc2c1. The maximum absolute atomic E-state index is 11.1. The molecule has 0 aliphatic rings. The molecule has 1 atom stereocenters. The lowest BCUT2D eigenvalue weighted by Gasteiger charge is -2.15. The summed E-state index contributed by atoms with van der Waals surface area (Å²) in [5.41, 5.74) is 6.32. The van der Waals surface area contributed by atoms with E-state index in [-0.39, 0.29) is 18.4 Å². The van der Waals surface area contributed by atoms with Gasteiger partial charge in [0.05, 0.1) is 7.11 Å². The zero-order valence-electron chi connectivity index (χ0n) is 11.1. The van der Waals surface area contributed by atoms with Gasteiger partial charge in [-0.3, -0.25) is 4.79 Å². The second kappa shape index (κ2) is 5.71. The van der Waals surface area contributed by atoms with Gasteiger partial charge >= 0.3 is 0 Å². The van der Waals surface area contributed by atoms with Crippen LogP contribution in [0.3, 0.4) is 0 Å². The summed E-state index contributed by atoms with van der Waals surface area (Å²) < 4.78 is 5.20. The lowest BCUT2D eigenvalue weighted by atomic mass is 9.99. The van der Waals surface area contributed by atoms with Gasteiger partial charge in [0, 0.05) is 12.5 Å². The number of hydrogen-bond donors (Lipinski definition) is 2. The van der Waals surface area contributed by atoms with Crippen molar-refractivity contribution in [2.24, 2.45) is 5.73 Å². The van der Waals surface area contributed by atoms with Crippen LogP contribution in [-0.2, 0) is 4.79 Å². The lowest BCUT2D eigenvalue weighted by Crippen LogP contribution is -2.23. The third-order valence-corrected chi connectivity index (χ3v) is 3.23. The monoisotopic (exact) mass is 258 g/mol. The Kier molecular flexibility index (Phi) is 4.02. The highest BCUT2D eigenvalue weighted by Crippen LogP contribution is 2.25. The topological polar surface area (TPSA) is 64.3 Å². The molecule has 0 aromatic heterocycles. The van der Waals surface area contributed by atoms with Gasteiger partial charge in [0.1, 0.15) is 5.75 Å². The van der Waals surface area contributed by atoms with Gasteiger partial charge < -0.3 is 15.8 Å². The molecule has 0 saturated carbocycles. The highest BCUT2D eigenvalue weighted by Gasteiger charge is 2.12. The fourth-order valence-electron chi connectivity index (χ4n) is 2.17. The molecule has 0 radical (unpaired) electrons. The third-order valence-electron chi connectivity index (χ3n) is 3.23. The smallest absolute Gasteiger partial charge is 0.219 e. The van der Waals surface area contributed by atoms with E-state index < -0.39 is 0 Å². The number of hydrogen-bond acceptors (Lipinski definition) is 3. The van der Waals surface area contributed by atoms with E-state index >= 15 is 0 Å².